The average Bonchev–Trinajstić information content (AvgIpc) is 3.13. The van der Waals surface area contributed by atoms with E-state index in [9.17, 15) is 9.59 Å². The topological polar surface area (TPSA) is 97.1 Å². The van der Waals surface area contributed by atoms with Crippen molar-refractivity contribution >= 4 is 17.6 Å². The zero-order chi connectivity index (χ0) is 18.5. The van der Waals surface area contributed by atoms with Crippen molar-refractivity contribution in [2.45, 2.75) is 19.4 Å². The first-order chi connectivity index (χ1) is 12.5. The fourth-order valence-corrected chi connectivity index (χ4v) is 2.43. The molecule has 26 heavy (non-hydrogen) atoms. The predicted octanol–water partition coefficient (Wildman–Crippen LogP) is 2.77. The lowest BCUT2D eigenvalue weighted by Gasteiger charge is -2.07. The summed E-state index contributed by atoms with van der Waals surface area (Å²) >= 11 is 0. The minimum atomic E-state index is -1.01. The molecule has 0 aliphatic heterocycles. The smallest absolute Gasteiger partial charge is 0.328 e. The van der Waals surface area contributed by atoms with E-state index in [4.69, 9.17) is 5.11 Å². The molecule has 1 atom stereocenters. The van der Waals surface area contributed by atoms with Gasteiger partial charge in [0.15, 0.2) is 0 Å². The number of hydrogen-bond donors (Lipinski definition) is 2. The molecule has 0 bridgehead atoms. The summed E-state index contributed by atoms with van der Waals surface area (Å²) in [5, 5.41) is 15.7. The summed E-state index contributed by atoms with van der Waals surface area (Å²) in [6.45, 7) is 1.50. The Hall–Kier alpha value is -3.48. The van der Waals surface area contributed by atoms with Crippen LogP contribution in [0.2, 0.25) is 0 Å². The maximum atomic E-state index is 12.3. The highest BCUT2D eigenvalue weighted by molar-refractivity contribution is 6.03. The van der Waals surface area contributed by atoms with Gasteiger partial charge in [-0.1, -0.05) is 12.1 Å². The largest absolute Gasteiger partial charge is 0.480 e. The molecule has 0 radical (unpaired) electrons. The quantitative estimate of drug-likeness (QED) is 0.712. The van der Waals surface area contributed by atoms with Crippen molar-refractivity contribution in [2.24, 2.45) is 0 Å². The number of aliphatic carboxylic acids is 1. The standard InChI is InChI=1S/C19H18N4O3/c1-13(19(25)26)23-12-16(11-21-23)18(24)22-17-4-2-14(3-5-17)10-15-6-8-20-9-7-15/h2-9,11-13H,10H2,1H3,(H,22,24)(H,25,26). The number of anilines is 1. The Balaban J connectivity index is 1.63. The Morgan fingerprint density at radius 3 is 2.42 bits per heavy atom. The van der Waals surface area contributed by atoms with Gasteiger partial charge in [-0.15, -0.1) is 0 Å². The summed E-state index contributed by atoms with van der Waals surface area (Å²) in [6.07, 6.45) is 7.08. The number of amides is 1. The first kappa shape index (κ1) is 17.3. The average molecular weight is 350 g/mol. The fraction of sp³-hybridized carbons (Fsp3) is 0.158. The Bertz CT molecular complexity index is 904. The van der Waals surface area contributed by atoms with Crippen LogP contribution in [0.1, 0.15) is 34.5 Å². The molecule has 0 saturated heterocycles. The number of nitrogens with one attached hydrogen (secondary N) is 1. The van der Waals surface area contributed by atoms with Crippen molar-refractivity contribution in [1.29, 1.82) is 0 Å². The van der Waals surface area contributed by atoms with Gasteiger partial charge in [0.05, 0.1) is 11.8 Å². The lowest BCUT2D eigenvalue weighted by Crippen LogP contribution is -2.16. The molecule has 1 aromatic carbocycles. The van der Waals surface area contributed by atoms with Crippen LogP contribution in [0.15, 0.2) is 61.2 Å². The highest BCUT2D eigenvalue weighted by Crippen LogP contribution is 2.15. The molecule has 2 N–H and O–H groups in total. The Morgan fingerprint density at radius 1 is 1.12 bits per heavy atom. The predicted molar refractivity (Wildman–Crippen MR) is 96.0 cm³/mol. The highest BCUT2D eigenvalue weighted by Gasteiger charge is 2.16. The van der Waals surface area contributed by atoms with Gasteiger partial charge in [-0.25, -0.2) is 4.79 Å². The van der Waals surface area contributed by atoms with Crippen LogP contribution in [0, 0.1) is 0 Å². The van der Waals surface area contributed by atoms with Gasteiger partial charge < -0.3 is 10.4 Å². The van der Waals surface area contributed by atoms with Crippen LogP contribution >= 0.6 is 0 Å². The molecule has 0 spiro atoms. The second kappa shape index (κ2) is 7.60. The molecule has 0 saturated carbocycles. The number of carbonyl (C=O) groups excluding carboxylic acids is 1. The van der Waals surface area contributed by atoms with E-state index in [1.54, 1.807) is 12.4 Å². The van der Waals surface area contributed by atoms with Crippen molar-refractivity contribution < 1.29 is 14.7 Å². The van der Waals surface area contributed by atoms with Crippen molar-refractivity contribution in [3.63, 3.8) is 0 Å². The van der Waals surface area contributed by atoms with E-state index in [0.29, 0.717) is 11.3 Å². The van der Waals surface area contributed by atoms with E-state index < -0.39 is 12.0 Å². The number of nitrogens with zero attached hydrogens (tertiary/aromatic N) is 3. The molecule has 0 aliphatic rings. The third-order valence-corrected chi connectivity index (χ3v) is 3.99. The van der Waals surface area contributed by atoms with Gasteiger partial charge in [0.2, 0.25) is 0 Å². The Morgan fingerprint density at radius 2 is 1.77 bits per heavy atom. The van der Waals surface area contributed by atoms with E-state index in [1.807, 2.05) is 36.4 Å². The van der Waals surface area contributed by atoms with E-state index in [1.165, 1.54) is 24.0 Å². The molecule has 7 heteroatoms. The number of carbonyl (C=O) groups is 2. The van der Waals surface area contributed by atoms with Gasteiger partial charge in [0, 0.05) is 24.3 Å². The molecule has 2 aromatic heterocycles. The normalized spacial score (nSPS) is 11.7. The number of rotatable bonds is 6. The number of pyridine rings is 1. The molecule has 3 aromatic rings. The van der Waals surface area contributed by atoms with Crippen LogP contribution in [-0.2, 0) is 11.2 Å². The molecule has 1 unspecified atom stereocenters. The second-order valence-electron chi connectivity index (χ2n) is 5.91. The number of aromatic nitrogens is 3. The zero-order valence-electron chi connectivity index (χ0n) is 14.2. The summed E-state index contributed by atoms with van der Waals surface area (Å²) in [4.78, 5) is 27.2. The van der Waals surface area contributed by atoms with Gasteiger partial charge in [-0.3, -0.25) is 14.5 Å². The van der Waals surface area contributed by atoms with Crippen LogP contribution in [0.3, 0.4) is 0 Å². The SMILES string of the molecule is CC(C(=O)O)n1cc(C(=O)Nc2ccc(Cc3ccncc3)cc2)cn1. The molecule has 3 rings (SSSR count). The zero-order valence-corrected chi connectivity index (χ0v) is 14.2. The number of carboxylic acid groups (broad SMARTS) is 1. The third-order valence-electron chi connectivity index (χ3n) is 3.99. The summed E-state index contributed by atoms with van der Waals surface area (Å²) < 4.78 is 1.25. The summed E-state index contributed by atoms with van der Waals surface area (Å²) in [5.41, 5.74) is 3.25. The van der Waals surface area contributed by atoms with Crippen LogP contribution in [-0.4, -0.2) is 31.7 Å². The van der Waals surface area contributed by atoms with E-state index >= 15 is 0 Å². The molecule has 2 heterocycles. The van der Waals surface area contributed by atoms with Crippen molar-refractivity contribution in [1.82, 2.24) is 14.8 Å². The van der Waals surface area contributed by atoms with Crippen LogP contribution < -0.4 is 5.32 Å². The Labute approximate surface area is 150 Å². The summed E-state index contributed by atoms with van der Waals surface area (Å²) in [5.74, 6) is -1.35. The maximum Gasteiger partial charge on any atom is 0.328 e. The van der Waals surface area contributed by atoms with E-state index in [0.717, 1.165) is 17.5 Å². The second-order valence-corrected chi connectivity index (χ2v) is 5.91. The third kappa shape index (κ3) is 4.13. The summed E-state index contributed by atoms with van der Waals surface area (Å²) in [6, 6.07) is 10.7. The van der Waals surface area contributed by atoms with Crippen LogP contribution in [0.5, 0.6) is 0 Å². The van der Waals surface area contributed by atoms with Gasteiger partial charge in [-0.2, -0.15) is 5.10 Å². The molecule has 1 amide bonds. The van der Waals surface area contributed by atoms with Gasteiger partial charge in [0.25, 0.3) is 5.91 Å². The van der Waals surface area contributed by atoms with Crippen LogP contribution in [0.4, 0.5) is 5.69 Å². The lowest BCUT2D eigenvalue weighted by molar-refractivity contribution is -0.140. The first-order valence-electron chi connectivity index (χ1n) is 8.09. The monoisotopic (exact) mass is 350 g/mol. The fourth-order valence-electron chi connectivity index (χ4n) is 2.43. The summed E-state index contributed by atoms with van der Waals surface area (Å²) in [7, 11) is 0. The molecule has 0 fully saturated rings. The molecule has 132 valence electrons. The molecular weight excluding hydrogens is 332 g/mol. The van der Waals surface area contributed by atoms with E-state index in [2.05, 4.69) is 15.4 Å². The minimum absolute atomic E-state index is 0.305. The van der Waals surface area contributed by atoms with Gasteiger partial charge in [0.1, 0.15) is 6.04 Å². The molecule has 7 nitrogen and oxygen atoms in total. The molecule has 0 aliphatic carbocycles. The molecular formula is C19H18N4O3. The number of carboxylic acids is 1. The van der Waals surface area contributed by atoms with Gasteiger partial charge >= 0.3 is 5.97 Å². The van der Waals surface area contributed by atoms with Crippen molar-refractivity contribution in [2.75, 3.05) is 5.32 Å². The van der Waals surface area contributed by atoms with Crippen LogP contribution in [0.25, 0.3) is 0 Å². The number of benzene rings is 1. The highest BCUT2D eigenvalue weighted by atomic mass is 16.4. The van der Waals surface area contributed by atoms with E-state index in [-0.39, 0.29) is 5.91 Å². The lowest BCUT2D eigenvalue weighted by atomic mass is 10.1. The van der Waals surface area contributed by atoms with Gasteiger partial charge in [-0.05, 0) is 48.7 Å². The van der Waals surface area contributed by atoms with Crippen molar-refractivity contribution in [3.05, 3.63) is 77.9 Å². The first-order valence-corrected chi connectivity index (χ1v) is 8.09. The van der Waals surface area contributed by atoms with Crippen molar-refractivity contribution in [3.8, 4) is 0 Å². The maximum absolute atomic E-state index is 12.3. The minimum Gasteiger partial charge on any atom is -0.480 e. The number of hydrogen-bond acceptors (Lipinski definition) is 4. The Kier molecular flexibility index (Phi) is 5.07.